The van der Waals surface area contributed by atoms with E-state index in [1.54, 1.807) is 25.2 Å². The van der Waals surface area contributed by atoms with E-state index in [0.717, 1.165) is 0 Å². The number of alkyl halides is 1. The fourth-order valence-corrected chi connectivity index (χ4v) is 2.89. The highest BCUT2D eigenvalue weighted by Gasteiger charge is 2.33. The van der Waals surface area contributed by atoms with Crippen LogP contribution in [0.4, 0.5) is 21.7 Å². The van der Waals surface area contributed by atoms with E-state index >= 15 is 0 Å². The lowest BCUT2D eigenvalue weighted by Gasteiger charge is -2.30. The highest BCUT2D eigenvalue weighted by molar-refractivity contribution is 6.00. The van der Waals surface area contributed by atoms with E-state index in [4.69, 9.17) is 0 Å². The van der Waals surface area contributed by atoms with Crippen LogP contribution in [-0.4, -0.2) is 44.8 Å². The van der Waals surface area contributed by atoms with Crippen LogP contribution in [-0.2, 0) is 0 Å². The van der Waals surface area contributed by atoms with E-state index in [1.165, 1.54) is 16.9 Å². The van der Waals surface area contributed by atoms with Crippen LogP contribution in [0.2, 0.25) is 0 Å². The Hall–Kier alpha value is -3.43. The van der Waals surface area contributed by atoms with Crippen molar-refractivity contribution in [3.63, 3.8) is 0 Å². The van der Waals surface area contributed by atoms with E-state index in [-0.39, 0.29) is 11.1 Å². The lowest BCUT2D eigenvalue weighted by Crippen LogP contribution is -2.48. The number of anilines is 3. The number of fused-ring (bicyclic) bond motifs is 1. The fraction of sp³-hybridized carbons (Fsp3) is 0.294. The molecule has 0 radical (unpaired) electrons. The Morgan fingerprint density at radius 1 is 1.41 bits per heavy atom. The zero-order chi connectivity index (χ0) is 19.0. The number of carbonyl (C=O) groups excluding carboxylic acids is 1. The van der Waals surface area contributed by atoms with Gasteiger partial charge in [-0.15, -0.1) is 0 Å². The molecule has 1 aliphatic rings. The van der Waals surface area contributed by atoms with E-state index in [9.17, 15) is 14.0 Å². The van der Waals surface area contributed by atoms with Gasteiger partial charge in [0.25, 0.3) is 11.5 Å². The highest BCUT2D eigenvalue weighted by Crippen LogP contribution is 2.25. The fourth-order valence-electron chi connectivity index (χ4n) is 2.89. The maximum absolute atomic E-state index is 13.5. The smallest absolute Gasteiger partial charge is 0.271 e. The summed E-state index contributed by atoms with van der Waals surface area (Å²) in [4.78, 5) is 31.4. The molecule has 1 amide bonds. The molecule has 1 aliphatic carbocycles. The lowest BCUT2D eigenvalue weighted by molar-refractivity contribution is 0.0826. The molecule has 4 rings (SSSR count). The maximum atomic E-state index is 13.5. The monoisotopic (exact) mass is 371 g/mol. The van der Waals surface area contributed by atoms with Gasteiger partial charge in [-0.1, -0.05) is 0 Å². The zero-order valence-electron chi connectivity index (χ0n) is 14.5. The number of carbonyl (C=O) groups is 1. The molecule has 0 aromatic carbocycles. The molecule has 0 bridgehead atoms. The van der Waals surface area contributed by atoms with Gasteiger partial charge in [-0.3, -0.25) is 9.59 Å². The molecule has 9 nitrogen and oxygen atoms in total. The summed E-state index contributed by atoms with van der Waals surface area (Å²) in [6.45, 7) is 0. The van der Waals surface area contributed by atoms with Crippen molar-refractivity contribution in [3.8, 4) is 0 Å². The van der Waals surface area contributed by atoms with Crippen LogP contribution in [0.15, 0.2) is 35.4 Å². The Kier molecular flexibility index (Phi) is 4.22. The van der Waals surface area contributed by atoms with Gasteiger partial charge in [-0.2, -0.15) is 9.61 Å². The van der Waals surface area contributed by atoms with Crippen molar-refractivity contribution in [1.29, 1.82) is 0 Å². The van der Waals surface area contributed by atoms with Crippen LogP contribution in [0, 0.1) is 0 Å². The molecular weight excluding hydrogens is 353 g/mol. The van der Waals surface area contributed by atoms with E-state index in [2.05, 4.69) is 31.0 Å². The molecule has 27 heavy (non-hydrogen) atoms. The second-order valence-electron chi connectivity index (χ2n) is 6.28. The van der Waals surface area contributed by atoms with Gasteiger partial charge in [-0.25, -0.2) is 9.37 Å². The van der Waals surface area contributed by atoms with Gasteiger partial charge in [0.2, 0.25) is 0 Å². The zero-order valence-corrected chi connectivity index (χ0v) is 14.5. The third kappa shape index (κ3) is 3.09. The molecule has 0 spiro atoms. The molecule has 1 saturated carbocycles. The van der Waals surface area contributed by atoms with Gasteiger partial charge in [-0.05, 0) is 25.0 Å². The number of hydrogen-bond acceptors (Lipinski definition) is 6. The van der Waals surface area contributed by atoms with Gasteiger partial charge in [0, 0.05) is 19.3 Å². The molecule has 140 valence electrons. The minimum atomic E-state index is -1.02. The summed E-state index contributed by atoms with van der Waals surface area (Å²) in [6.07, 6.45) is 2.98. The summed E-state index contributed by atoms with van der Waals surface area (Å²) in [5, 5.41) is 12.8. The molecule has 0 saturated heterocycles. The van der Waals surface area contributed by atoms with Crippen LogP contribution in [0.1, 0.15) is 23.2 Å². The van der Waals surface area contributed by atoms with Crippen molar-refractivity contribution in [2.45, 2.75) is 25.1 Å². The predicted molar refractivity (Wildman–Crippen MR) is 98.3 cm³/mol. The second kappa shape index (κ2) is 6.71. The van der Waals surface area contributed by atoms with Crippen molar-refractivity contribution in [2.75, 3.05) is 17.7 Å². The molecule has 1 fully saturated rings. The minimum absolute atomic E-state index is 0.233. The van der Waals surface area contributed by atoms with Crippen LogP contribution < -0.4 is 21.5 Å². The Morgan fingerprint density at radius 3 is 2.93 bits per heavy atom. The van der Waals surface area contributed by atoms with Crippen LogP contribution in [0.25, 0.3) is 5.65 Å². The predicted octanol–water partition coefficient (Wildman–Crippen LogP) is 1.43. The summed E-state index contributed by atoms with van der Waals surface area (Å²) >= 11 is 0. The van der Waals surface area contributed by atoms with Gasteiger partial charge in [0.05, 0.1) is 12.2 Å². The summed E-state index contributed by atoms with van der Waals surface area (Å²) in [5.41, 5.74) is 0.549. The number of amides is 1. The number of halogens is 1. The van der Waals surface area contributed by atoms with Crippen LogP contribution >= 0.6 is 0 Å². The Bertz CT molecular complexity index is 1060. The minimum Gasteiger partial charge on any atom is -0.373 e. The normalized spacial score (nSPS) is 18.7. The topological polar surface area (TPSA) is 116 Å². The van der Waals surface area contributed by atoms with Gasteiger partial charge < -0.3 is 20.9 Å². The number of nitrogens with one attached hydrogen (secondary N) is 4. The molecule has 3 aromatic rings. The lowest BCUT2D eigenvalue weighted by atomic mass is 9.90. The molecule has 4 N–H and O–H groups in total. The van der Waals surface area contributed by atoms with Crippen molar-refractivity contribution < 1.29 is 9.18 Å². The van der Waals surface area contributed by atoms with Gasteiger partial charge in [0.1, 0.15) is 29.1 Å². The van der Waals surface area contributed by atoms with E-state index in [1.807, 2.05) is 0 Å². The Morgan fingerprint density at radius 2 is 2.26 bits per heavy atom. The summed E-state index contributed by atoms with van der Waals surface area (Å²) in [5.74, 6) is 0.507. The maximum Gasteiger partial charge on any atom is 0.271 e. The molecule has 0 unspecified atom stereocenters. The first-order chi connectivity index (χ1) is 13.1. The van der Waals surface area contributed by atoms with E-state index < -0.39 is 18.1 Å². The molecule has 10 heteroatoms. The molecule has 3 heterocycles. The van der Waals surface area contributed by atoms with Crippen molar-refractivity contribution in [3.05, 3.63) is 46.5 Å². The molecule has 0 aliphatic heterocycles. The van der Waals surface area contributed by atoms with Crippen molar-refractivity contribution in [2.24, 2.45) is 0 Å². The number of H-pyrrole nitrogens is 1. The quantitative estimate of drug-likeness (QED) is 0.539. The number of hydrogen-bond donors (Lipinski definition) is 4. The number of aromatic nitrogens is 4. The first kappa shape index (κ1) is 17.0. The SMILES string of the molecule is CNc1cc(Nc2ccc[nH]c2=O)nc2c(C(=O)N[C@H]3CC[C@@H]3F)cnn12. The van der Waals surface area contributed by atoms with Gasteiger partial charge in [0.15, 0.2) is 5.65 Å². The van der Waals surface area contributed by atoms with E-state index in [0.29, 0.717) is 35.8 Å². The Balaban J connectivity index is 1.70. The van der Waals surface area contributed by atoms with Crippen LogP contribution in [0.5, 0.6) is 0 Å². The summed E-state index contributed by atoms with van der Waals surface area (Å²) in [6, 6.07) is 4.49. The number of aromatic amines is 1. The average molecular weight is 371 g/mol. The number of nitrogens with zero attached hydrogens (tertiary/aromatic N) is 3. The molecule has 3 aromatic heterocycles. The average Bonchev–Trinajstić information content (AvgIpc) is 3.10. The highest BCUT2D eigenvalue weighted by atomic mass is 19.1. The number of pyridine rings is 1. The summed E-state index contributed by atoms with van der Waals surface area (Å²) in [7, 11) is 1.71. The molecule has 2 atom stereocenters. The van der Waals surface area contributed by atoms with Crippen molar-refractivity contribution in [1.82, 2.24) is 24.9 Å². The largest absolute Gasteiger partial charge is 0.373 e. The third-order valence-electron chi connectivity index (χ3n) is 4.56. The summed E-state index contributed by atoms with van der Waals surface area (Å²) < 4.78 is 14.9. The van der Waals surface area contributed by atoms with Gasteiger partial charge >= 0.3 is 0 Å². The third-order valence-corrected chi connectivity index (χ3v) is 4.56. The first-order valence-corrected chi connectivity index (χ1v) is 8.53. The second-order valence-corrected chi connectivity index (χ2v) is 6.28. The van der Waals surface area contributed by atoms with Crippen LogP contribution in [0.3, 0.4) is 0 Å². The standard InChI is InChI=1S/C17H18FN7O2/c1-19-14-7-13(22-12-3-2-6-20-17(12)27)24-15-9(8-21-25(14)15)16(26)23-11-5-4-10(11)18/h2-3,6-8,10-11,19H,4-5H2,1H3,(H,20,27)(H,22,24)(H,23,26)/t10-,11-/m0/s1. The Labute approximate surface area is 153 Å². The number of rotatable bonds is 5. The first-order valence-electron chi connectivity index (χ1n) is 8.53. The molecular formula is C17H18FN7O2. The van der Waals surface area contributed by atoms with Crippen molar-refractivity contribution >= 4 is 28.9 Å².